The summed E-state index contributed by atoms with van der Waals surface area (Å²) in [6.07, 6.45) is 13.5. The Kier molecular flexibility index (Phi) is 7.34. The fourth-order valence-corrected chi connectivity index (χ4v) is 2.43. The van der Waals surface area contributed by atoms with Crippen LogP contribution >= 0.6 is 0 Å². The second-order valence-electron chi connectivity index (χ2n) is 6.45. The van der Waals surface area contributed by atoms with Crippen molar-refractivity contribution in [1.82, 2.24) is 0 Å². The number of benzene rings is 1. The number of unbranched alkanes of at least 4 members (excludes halogenated alkanes) is 2. The Bertz CT molecular complexity index is 696. The summed E-state index contributed by atoms with van der Waals surface area (Å²) in [5, 5.41) is 9.18. The van der Waals surface area contributed by atoms with E-state index in [0.29, 0.717) is 5.57 Å². The summed E-state index contributed by atoms with van der Waals surface area (Å²) in [5.41, 5.74) is 2.98. The van der Waals surface area contributed by atoms with E-state index < -0.39 is 5.60 Å². The zero-order chi connectivity index (χ0) is 18.2. The van der Waals surface area contributed by atoms with Gasteiger partial charge in [-0.3, -0.25) is 0 Å². The molecule has 0 aliphatic rings. The molecular formula is C22H27NO. The van der Waals surface area contributed by atoms with Gasteiger partial charge in [0.2, 0.25) is 0 Å². The third-order valence-corrected chi connectivity index (χ3v) is 3.84. The zero-order valence-corrected chi connectivity index (χ0v) is 15.3. The number of hydrogen-bond acceptors (Lipinski definition) is 2. The van der Waals surface area contributed by atoms with Crippen LogP contribution in [0.3, 0.4) is 0 Å². The maximum atomic E-state index is 9.18. The van der Waals surface area contributed by atoms with Gasteiger partial charge in [-0.1, -0.05) is 44.4 Å². The van der Waals surface area contributed by atoms with Crippen LogP contribution in [0.25, 0.3) is 6.08 Å². The highest BCUT2D eigenvalue weighted by Gasteiger charge is 2.19. The van der Waals surface area contributed by atoms with E-state index in [9.17, 15) is 5.26 Å². The minimum atomic E-state index is -0.710. The molecule has 1 aromatic carbocycles. The van der Waals surface area contributed by atoms with E-state index in [1.807, 2.05) is 26.8 Å². The number of terminal acetylenes is 1. The van der Waals surface area contributed by atoms with Crippen LogP contribution in [0.4, 0.5) is 0 Å². The van der Waals surface area contributed by atoms with Crippen molar-refractivity contribution in [3.63, 3.8) is 0 Å². The van der Waals surface area contributed by atoms with E-state index in [2.05, 4.69) is 31.6 Å². The van der Waals surface area contributed by atoms with E-state index in [-0.39, 0.29) is 0 Å². The number of ether oxygens (including phenoxy) is 1. The van der Waals surface area contributed by atoms with Crippen molar-refractivity contribution in [3.8, 4) is 24.2 Å². The zero-order valence-electron chi connectivity index (χ0n) is 15.3. The summed E-state index contributed by atoms with van der Waals surface area (Å²) in [6, 6.07) is 6.34. The number of nitriles is 1. The summed E-state index contributed by atoms with van der Waals surface area (Å²) in [6.45, 7) is 11.6. The largest absolute Gasteiger partial charge is 0.475 e. The fraction of sp³-hybridized carbons (Fsp3) is 0.409. The Balaban J connectivity index is 3.35. The standard InChI is InChI=1S/C22H27NO/c1-7-10-11-12-19-13-17(4)20(14-18(8-2)16-23)21(15-19)24-22(5,6)9-3/h3,8,13-15H,2,7,10-12H2,1,4-6H3. The molecule has 0 unspecified atom stereocenters. The third-order valence-electron chi connectivity index (χ3n) is 3.84. The van der Waals surface area contributed by atoms with E-state index in [0.717, 1.165) is 29.7 Å². The molecule has 0 spiro atoms. The molecule has 2 heteroatoms. The second kappa shape index (κ2) is 8.99. The average molecular weight is 321 g/mol. The van der Waals surface area contributed by atoms with Gasteiger partial charge in [0.15, 0.2) is 5.60 Å². The summed E-state index contributed by atoms with van der Waals surface area (Å²) in [4.78, 5) is 0. The van der Waals surface area contributed by atoms with Crippen molar-refractivity contribution in [3.05, 3.63) is 47.1 Å². The summed E-state index contributed by atoms with van der Waals surface area (Å²) in [7, 11) is 0. The minimum absolute atomic E-state index is 0.500. The van der Waals surface area contributed by atoms with Gasteiger partial charge in [-0.2, -0.15) is 5.26 Å². The smallest absolute Gasteiger partial charge is 0.163 e. The molecule has 2 nitrogen and oxygen atoms in total. The first-order valence-electron chi connectivity index (χ1n) is 8.41. The van der Waals surface area contributed by atoms with Gasteiger partial charge < -0.3 is 4.74 Å². The molecule has 0 bridgehead atoms. The predicted octanol–water partition coefficient (Wildman–Crippen LogP) is 5.61. The molecule has 0 amide bonds. The lowest BCUT2D eigenvalue weighted by Crippen LogP contribution is -2.26. The van der Waals surface area contributed by atoms with Crippen molar-refractivity contribution in [1.29, 1.82) is 5.26 Å². The first kappa shape index (κ1) is 19.6. The van der Waals surface area contributed by atoms with E-state index in [1.165, 1.54) is 18.4 Å². The summed E-state index contributed by atoms with van der Waals surface area (Å²) >= 11 is 0. The molecule has 0 saturated heterocycles. The monoisotopic (exact) mass is 321 g/mol. The molecule has 0 saturated carbocycles. The quantitative estimate of drug-likeness (QED) is 0.270. The Labute approximate surface area is 146 Å². The number of allylic oxidation sites excluding steroid dienone is 2. The van der Waals surface area contributed by atoms with Gasteiger partial charge in [0.05, 0.1) is 11.6 Å². The number of rotatable bonds is 8. The fourth-order valence-electron chi connectivity index (χ4n) is 2.43. The lowest BCUT2D eigenvalue weighted by atomic mass is 9.98. The van der Waals surface area contributed by atoms with Gasteiger partial charge in [0, 0.05) is 5.56 Å². The second-order valence-corrected chi connectivity index (χ2v) is 6.45. The molecule has 0 radical (unpaired) electrons. The third kappa shape index (κ3) is 5.64. The van der Waals surface area contributed by atoms with E-state index in [4.69, 9.17) is 11.2 Å². The van der Waals surface area contributed by atoms with Gasteiger partial charge in [0.1, 0.15) is 5.75 Å². The number of nitrogens with zero attached hydrogens (tertiary/aromatic N) is 1. The van der Waals surface area contributed by atoms with E-state index in [1.54, 1.807) is 12.2 Å². The topological polar surface area (TPSA) is 33.0 Å². The van der Waals surface area contributed by atoms with Crippen LogP contribution < -0.4 is 4.74 Å². The molecule has 0 aliphatic heterocycles. The SMILES string of the molecule is C#CC(C)(C)Oc1cc(CCCCC)cc(C)c1C=C(C#N)C=C. The van der Waals surface area contributed by atoms with Crippen molar-refractivity contribution in [2.24, 2.45) is 0 Å². The summed E-state index contributed by atoms with van der Waals surface area (Å²) in [5.74, 6) is 3.38. The molecule has 0 fully saturated rings. The van der Waals surface area contributed by atoms with Crippen molar-refractivity contribution >= 4 is 6.08 Å². The Hall–Kier alpha value is -2.45. The molecule has 0 N–H and O–H groups in total. The highest BCUT2D eigenvalue weighted by Crippen LogP contribution is 2.31. The molecule has 126 valence electrons. The molecule has 0 aliphatic carbocycles. The van der Waals surface area contributed by atoms with Crippen LogP contribution in [0.1, 0.15) is 56.7 Å². The lowest BCUT2D eigenvalue weighted by Gasteiger charge is -2.23. The minimum Gasteiger partial charge on any atom is -0.475 e. The molecule has 1 rings (SSSR count). The van der Waals surface area contributed by atoms with Crippen LogP contribution in [0, 0.1) is 30.6 Å². The maximum Gasteiger partial charge on any atom is 0.163 e. The van der Waals surface area contributed by atoms with Crippen molar-refractivity contribution < 1.29 is 4.74 Å². The van der Waals surface area contributed by atoms with Gasteiger partial charge in [-0.25, -0.2) is 0 Å². The molecule has 24 heavy (non-hydrogen) atoms. The van der Waals surface area contributed by atoms with Gasteiger partial charge in [0.25, 0.3) is 0 Å². The van der Waals surface area contributed by atoms with Crippen LogP contribution in [0.2, 0.25) is 0 Å². The molecule has 0 atom stereocenters. The number of aryl methyl sites for hydroxylation is 2. The normalized spacial score (nSPS) is 11.5. The molecule has 0 heterocycles. The van der Waals surface area contributed by atoms with Crippen LogP contribution in [0.5, 0.6) is 5.75 Å². The Morgan fingerprint density at radius 3 is 2.62 bits per heavy atom. The van der Waals surface area contributed by atoms with E-state index >= 15 is 0 Å². The Morgan fingerprint density at radius 2 is 2.08 bits per heavy atom. The molecule has 0 aromatic heterocycles. The summed E-state index contributed by atoms with van der Waals surface area (Å²) < 4.78 is 6.08. The predicted molar refractivity (Wildman–Crippen MR) is 102 cm³/mol. The first-order chi connectivity index (χ1) is 11.4. The van der Waals surface area contributed by atoms with Gasteiger partial charge >= 0.3 is 0 Å². The van der Waals surface area contributed by atoms with Crippen molar-refractivity contribution in [2.45, 2.75) is 59.0 Å². The maximum absolute atomic E-state index is 9.18. The highest BCUT2D eigenvalue weighted by molar-refractivity contribution is 5.68. The average Bonchev–Trinajstić information content (AvgIpc) is 2.54. The van der Waals surface area contributed by atoms with Gasteiger partial charge in [-0.15, -0.1) is 6.42 Å². The van der Waals surface area contributed by atoms with Crippen LogP contribution in [0.15, 0.2) is 30.4 Å². The van der Waals surface area contributed by atoms with Gasteiger partial charge in [-0.05, 0) is 56.9 Å². The first-order valence-corrected chi connectivity index (χ1v) is 8.41. The molecule has 1 aromatic rings. The van der Waals surface area contributed by atoms with Crippen molar-refractivity contribution in [2.75, 3.05) is 0 Å². The number of hydrogen-bond donors (Lipinski definition) is 0. The van der Waals surface area contributed by atoms with Crippen LogP contribution in [-0.4, -0.2) is 5.60 Å². The highest BCUT2D eigenvalue weighted by atomic mass is 16.5. The molecular weight excluding hydrogens is 294 g/mol. The lowest BCUT2D eigenvalue weighted by molar-refractivity contribution is 0.172. The van der Waals surface area contributed by atoms with Crippen LogP contribution in [-0.2, 0) is 6.42 Å². The Morgan fingerprint density at radius 1 is 1.38 bits per heavy atom.